The van der Waals surface area contributed by atoms with E-state index in [4.69, 9.17) is 9.84 Å². The van der Waals surface area contributed by atoms with E-state index in [0.717, 1.165) is 46.7 Å². The molecule has 1 heterocycles. The molecule has 1 aliphatic rings. The van der Waals surface area contributed by atoms with E-state index in [0.29, 0.717) is 12.8 Å². The lowest BCUT2D eigenvalue weighted by Crippen LogP contribution is -2.32. The Balaban J connectivity index is 1.84. The summed E-state index contributed by atoms with van der Waals surface area (Å²) in [5, 5.41) is 6.44. The lowest BCUT2D eigenvalue weighted by atomic mass is 9.98. The number of nitrogens with zero attached hydrogens (tertiary/aromatic N) is 3. The summed E-state index contributed by atoms with van der Waals surface area (Å²) in [6.07, 6.45) is 1.16. The first kappa shape index (κ1) is 21.5. The summed E-state index contributed by atoms with van der Waals surface area (Å²) in [6.45, 7) is 6.88. The van der Waals surface area contributed by atoms with Gasteiger partial charge in [0.25, 0.3) is 0 Å². The van der Waals surface area contributed by atoms with Crippen molar-refractivity contribution in [3.63, 3.8) is 0 Å². The van der Waals surface area contributed by atoms with Crippen LogP contribution in [0.1, 0.15) is 43.9 Å². The molecule has 0 N–H and O–H groups in total. The van der Waals surface area contributed by atoms with Crippen LogP contribution in [0.25, 0.3) is 0 Å². The van der Waals surface area contributed by atoms with Crippen molar-refractivity contribution in [1.29, 1.82) is 0 Å². The standard InChI is InChI=1S/C23H28BrN3O2/c1-4-26(5-2)15-14-23(28)27-22(18-8-12-20(29-3)13-9-18)16-21(25-27)17-6-10-19(24)11-7-17/h6-13,22H,4-5,14-16H2,1-3H3/t22-/m1/s1. The second kappa shape index (κ2) is 10.0. The fourth-order valence-electron chi connectivity index (χ4n) is 3.55. The van der Waals surface area contributed by atoms with Crippen molar-refractivity contribution in [1.82, 2.24) is 9.91 Å². The molecule has 0 saturated carbocycles. The van der Waals surface area contributed by atoms with Crippen LogP contribution in [0.3, 0.4) is 0 Å². The van der Waals surface area contributed by atoms with Crippen LogP contribution in [-0.4, -0.2) is 48.3 Å². The van der Waals surface area contributed by atoms with Gasteiger partial charge in [0.05, 0.1) is 18.9 Å². The number of hydrogen-bond acceptors (Lipinski definition) is 4. The van der Waals surface area contributed by atoms with Crippen LogP contribution in [0.2, 0.25) is 0 Å². The number of carbonyl (C=O) groups excluding carboxylic acids is 1. The van der Waals surface area contributed by atoms with Crippen LogP contribution >= 0.6 is 15.9 Å². The molecule has 29 heavy (non-hydrogen) atoms. The number of carbonyl (C=O) groups is 1. The molecule has 154 valence electrons. The van der Waals surface area contributed by atoms with Gasteiger partial charge in [0.15, 0.2) is 0 Å². The molecule has 2 aromatic carbocycles. The summed E-state index contributed by atoms with van der Waals surface area (Å²) in [5.41, 5.74) is 3.05. The van der Waals surface area contributed by atoms with Gasteiger partial charge < -0.3 is 9.64 Å². The highest BCUT2D eigenvalue weighted by Gasteiger charge is 2.33. The highest BCUT2D eigenvalue weighted by molar-refractivity contribution is 9.10. The molecule has 2 aromatic rings. The first-order valence-corrected chi connectivity index (χ1v) is 10.9. The number of methoxy groups -OCH3 is 1. The van der Waals surface area contributed by atoms with Gasteiger partial charge in [-0.3, -0.25) is 4.79 Å². The van der Waals surface area contributed by atoms with E-state index in [1.54, 1.807) is 12.1 Å². The number of hydrazone groups is 1. The number of rotatable bonds is 8. The maximum Gasteiger partial charge on any atom is 0.244 e. The van der Waals surface area contributed by atoms with Gasteiger partial charge >= 0.3 is 0 Å². The van der Waals surface area contributed by atoms with Crippen molar-refractivity contribution < 1.29 is 9.53 Å². The quantitative estimate of drug-likeness (QED) is 0.567. The molecule has 0 fully saturated rings. The number of ether oxygens (including phenoxy) is 1. The Morgan fingerprint density at radius 3 is 2.38 bits per heavy atom. The molecule has 0 bridgehead atoms. The van der Waals surface area contributed by atoms with Gasteiger partial charge in [0.1, 0.15) is 5.75 Å². The molecule has 0 radical (unpaired) electrons. The smallest absolute Gasteiger partial charge is 0.244 e. The monoisotopic (exact) mass is 457 g/mol. The summed E-state index contributed by atoms with van der Waals surface area (Å²) in [6, 6.07) is 15.9. The lowest BCUT2D eigenvalue weighted by molar-refractivity contribution is -0.133. The molecule has 5 nitrogen and oxygen atoms in total. The molecular formula is C23H28BrN3O2. The first-order valence-electron chi connectivity index (χ1n) is 10.1. The van der Waals surface area contributed by atoms with Crippen LogP contribution < -0.4 is 4.74 Å². The number of benzene rings is 2. The Morgan fingerprint density at radius 1 is 1.14 bits per heavy atom. The zero-order valence-corrected chi connectivity index (χ0v) is 18.9. The van der Waals surface area contributed by atoms with Gasteiger partial charge in [0, 0.05) is 23.9 Å². The number of hydrogen-bond donors (Lipinski definition) is 0. The predicted molar refractivity (Wildman–Crippen MR) is 120 cm³/mol. The average Bonchev–Trinajstić information content (AvgIpc) is 3.20. The Bertz CT molecular complexity index is 845. The summed E-state index contributed by atoms with van der Waals surface area (Å²) >= 11 is 3.48. The van der Waals surface area contributed by atoms with Gasteiger partial charge in [-0.15, -0.1) is 0 Å². The van der Waals surface area contributed by atoms with Crippen molar-refractivity contribution in [2.45, 2.75) is 32.7 Å². The van der Waals surface area contributed by atoms with E-state index < -0.39 is 0 Å². The van der Waals surface area contributed by atoms with Crippen LogP contribution in [0, 0.1) is 0 Å². The molecule has 0 aliphatic carbocycles. The zero-order valence-electron chi connectivity index (χ0n) is 17.3. The summed E-state index contributed by atoms with van der Waals surface area (Å²) in [7, 11) is 1.66. The van der Waals surface area contributed by atoms with Crippen molar-refractivity contribution in [2.24, 2.45) is 5.10 Å². The third kappa shape index (κ3) is 5.25. The van der Waals surface area contributed by atoms with Crippen LogP contribution in [0.15, 0.2) is 58.1 Å². The molecular weight excluding hydrogens is 430 g/mol. The van der Waals surface area contributed by atoms with Crippen molar-refractivity contribution in [3.05, 3.63) is 64.1 Å². The molecule has 1 aliphatic heterocycles. The lowest BCUT2D eigenvalue weighted by Gasteiger charge is -2.24. The van der Waals surface area contributed by atoms with Crippen molar-refractivity contribution in [2.75, 3.05) is 26.7 Å². The van der Waals surface area contributed by atoms with Crippen molar-refractivity contribution >= 4 is 27.5 Å². The zero-order chi connectivity index (χ0) is 20.8. The Morgan fingerprint density at radius 2 is 1.79 bits per heavy atom. The van der Waals surface area contributed by atoms with Gasteiger partial charge in [0.2, 0.25) is 5.91 Å². The minimum atomic E-state index is -0.0937. The highest BCUT2D eigenvalue weighted by atomic mass is 79.9. The van der Waals surface area contributed by atoms with Gasteiger partial charge in [-0.05, 0) is 48.5 Å². The average molecular weight is 458 g/mol. The van der Waals surface area contributed by atoms with Crippen molar-refractivity contribution in [3.8, 4) is 5.75 Å². The van der Waals surface area contributed by atoms with Crippen LogP contribution in [0.5, 0.6) is 5.75 Å². The molecule has 0 unspecified atom stereocenters. The molecule has 1 atom stereocenters. The Kier molecular flexibility index (Phi) is 7.45. The molecule has 0 saturated heterocycles. The molecule has 0 aromatic heterocycles. The van der Waals surface area contributed by atoms with E-state index >= 15 is 0 Å². The fraction of sp³-hybridized carbons (Fsp3) is 0.391. The van der Waals surface area contributed by atoms with Crippen LogP contribution in [-0.2, 0) is 4.79 Å². The molecule has 6 heteroatoms. The van der Waals surface area contributed by atoms with E-state index in [9.17, 15) is 4.79 Å². The predicted octanol–water partition coefficient (Wildman–Crippen LogP) is 4.87. The molecule has 0 spiro atoms. The molecule has 1 amide bonds. The van der Waals surface area contributed by atoms with E-state index in [-0.39, 0.29) is 11.9 Å². The van der Waals surface area contributed by atoms with Gasteiger partial charge in [-0.2, -0.15) is 5.10 Å². The summed E-state index contributed by atoms with van der Waals surface area (Å²) < 4.78 is 6.30. The third-order valence-corrected chi connectivity index (χ3v) is 5.91. The largest absolute Gasteiger partial charge is 0.497 e. The normalized spacial score (nSPS) is 16.2. The minimum absolute atomic E-state index is 0.0600. The first-order chi connectivity index (χ1) is 14.0. The van der Waals surface area contributed by atoms with Gasteiger partial charge in [-0.1, -0.05) is 54.0 Å². The van der Waals surface area contributed by atoms with E-state index in [1.807, 2.05) is 48.5 Å². The number of halogens is 1. The highest BCUT2D eigenvalue weighted by Crippen LogP contribution is 2.34. The number of amides is 1. The SMILES string of the molecule is CCN(CC)CCC(=O)N1N=C(c2ccc(Br)cc2)C[C@@H]1c1ccc(OC)cc1. The molecule has 3 rings (SSSR count). The Hall–Kier alpha value is -2.18. The van der Waals surface area contributed by atoms with E-state index in [1.165, 1.54) is 0 Å². The second-order valence-corrected chi connectivity index (χ2v) is 7.98. The van der Waals surface area contributed by atoms with Gasteiger partial charge in [-0.25, -0.2) is 5.01 Å². The summed E-state index contributed by atoms with van der Waals surface area (Å²) in [4.78, 5) is 15.3. The minimum Gasteiger partial charge on any atom is -0.497 e. The maximum absolute atomic E-state index is 13.1. The second-order valence-electron chi connectivity index (χ2n) is 7.06. The topological polar surface area (TPSA) is 45.1 Å². The van der Waals surface area contributed by atoms with E-state index in [2.05, 4.69) is 34.7 Å². The maximum atomic E-state index is 13.1. The van der Waals surface area contributed by atoms with Crippen LogP contribution in [0.4, 0.5) is 0 Å². The summed E-state index contributed by atoms with van der Waals surface area (Å²) in [5.74, 6) is 0.866. The fourth-order valence-corrected chi connectivity index (χ4v) is 3.82. The Labute approximate surface area is 181 Å². The third-order valence-electron chi connectivity index (χ3n) is 5.38.